The lowest BCUT2D eigenvalue weighted by Crippen LogP contribution is -2.35. The first-order chi connectivity index (χ1) is 14.1. The quantitative estimate of drug-likeness (QED) is 0.331. The summed E-state index contributed by atoms with van der Waals surface area (Å²) in [7, 11) is 0. The van der Waals surface area contributed by atoms with Crippen molar-refractivity contribution in [2.24, 2.45) is 29.6 Å². The van der Waals surface area contributed by atoms with Gasteiger partial charge < -0.3 is 0 Å². The van der Waals surface area contributed by atoms with E-state index in [1.54, 1.807) is 0 Å². The summed E-state index contributed by atoms with van der Waals surface area (Å²) in [5.74, 6) is 0.657. The predicted octanol–water partition coefficient (Wildman–Crippen LogP) is 8.01. The van der Waals surface area contributed by atoms with Gasteiger partial charge in [-0.3, -0.25) is 0 Å². The molecule has 5 unspecified atom stereocenters. The van der Waals surface area contributed by atoms with Crippen LogP contribution in [0.2, 0.25) is 0 Å². The monoisotopic (exact) mass is 406 g/mol. The minimum absolute atomic E-state index is 0.428. The third-order valence-electron chi connectivity index (χ3n) is 8.50. The average Bonchev–Trinajstić information content (AvgIpc) is 2.74. The van der Waals surface area contributed by atoms with E-state index in [0.717, 1.165) is 36.2 Å². The Morgan fingerprint density at radius 1 is 0.793 bits per heavy atom. The summed E-state index contributed by atoms with van der Waals surface area (Å²) in [5.41, 5.74) is 1.15. The Bertz CT molecular complexity index is 698. The number of halogens is 3. The Labute approximate surface area is 174 Å². The second-order valence-electron chi connectivity index (χ2n) is 10.2. The van der Waals surface area contributed by atoms with E-state index in [9.17, 15) is 13.2 Å². The molecule has 0 nitrogen and oxygen atoms in total. The molecule has 2 fully saturated rings. The lowest BCUT2D eigenvalue weighted by Gasteiger charge is -2.45. The van der Waals surface area contributed by atoms with E-state index in [1.807, 2.05) is 0 Å². The van der Waals surface area contributed by atoms with Gasteiger partial charge >= 0.3 is 0 Å². The molecule has 1 aromatic rings. The van der Waals surface area contributed by atoms with E-state index in [4.69, 9.17) is 0 Å². The second-order valence-corrected chi connectivity index (χ2v) is 10.2. The van der Waals surface area contributed by atoms with Crippen LogP contribution in [0.5, 0.6) is 0 Å². The third kappa shape index (κ3) is 4.69. The van der Waals surface area contributed by atoms with Crippen LogP contribution in [0, 0.1) is 47.0 Å². The molecule has 0 bridgehead atoms. The summed E-state index contributed by atoms with van der Waals surface area (Å²) in [6.07, 6.45) is 17.3. The Hall–Kier alpha value is -0.990. The van der Waals surface area contributed by atoms with Crippen molar-refractivity contribution in [3.8, 4) is 0 Å². The van der Waals surface area contributed by atoms with Crippen LogP contribution in [-0.2, 0) is 12.8 Å². The lowest BCUT2D eigenvalue weighted by molar-refractivity contribution is 0.0688. The fraction of sp³-hybridized carbons (Fsp3) is 0.769. The predicted molar refractivity (Wildman–Crippen MR) is 112 cm³/mol. The normalized spacial score (nSPS) is 31.9. The molecule has 5 atom stereocenters. The first-order valence-corrected chi connectivity index (χ1v) is 12.2. The molecule has 0 heterocycles. The zero-order valence-corrected chi connectivity index (χ0v) is 18.0. The van der Waals surface area contributed by atoms with Crippen molar-refractivity contribution in [2.45, 2.75) is 96.8 Å². The molecule has 3 heteroatoms. The third-order valence-corrected chi connectivity index (χ3v) is 8.50. The van der Waals surface area contributed by atoms with Gasteiger partial charge in [-0.1, -0.05) is 45.4 Å². The van der Waals surface area contributed by atoms with Gasteiger partial charge in [-0.05, 0) is 98.1 Å². The Morgan fingerprint density at radius 3 is 2.31 bits per heavy atom. The summed E-state index contributed by atoms with van der Waals surface area (Å²) in [6.45, 7) is 2.28. The standard InChI is InChI=1S/C26H37F3/c1-2-3-4-5-6-17-7-8-19-14-20(10-9-18(19)13-17)21-11-12-23-22(15-21)16-24(27)26(29)25(23)28/h16-21H,2-15H2,1H3. The molecule has 3 aliphatic carbocycles. The van der Waals surface area contributed by atoms with E-state index >= 15 is 0 Å². The van der Waals surface area contributed by atoms with Crippen molar-refractivity contribution in [3.05, 3.63) is 34.6 Å². The van der Waals surface area contributed by atoms with E-state index in [1.165, 1.54) is 76.7 Å². The van der Waals surface area contributed by atoms with E-state index < -0.39 is 17.5 Å². The highest BCUT2D eigenvalue weighted by Gasteiger charge is 2.39. The maximum atomic E-state index is 14.1. The number of hydrogen-bond donors (Lipinski definition) is 0. The van der Waals surface area contributed by atoms with Crippen molar-refractivity contribution in [2.75, 3.05) is 0 Å². The highest BCUT2D eigenvalue weighted by molar-refractivity contribution is 5.33. The van der Waals surface area contributed by atoms with E-state index in [-0.39, 0.29) is 0 Å². The summed E-state index contributed by atoms with van der Waals surface area (Å²) in [4.78, 5) is 0. The topological polar surface area (TPSA) is 0 Å². The van der Waals surface area contributed by atoms with Gasteiger partial charge in [0.05, 0.1) is 0 Å². The average molecular weight is 407 g/mol. The van der Waals surface area contributed by atoms with Gasteiger partial charge in [0.15, 0.2) is 17.5 Å². The summed E-state index contributed by atoms with van der Waals surface area (Å²) in [6, 6.07) is 1.26. The molecule has 0 aromatic heterocycles. The van der Waals surface area contributed by atoms with Crippen LogP contribution in [0.3, 0.4) is 0 Å². The molecule has 162 valence electrons. The molecule has 1 aromatic carbocycles. The molecular formula is C26H37F3. The molecule has 0 N–H and O–H groups in total. The minimum Gasteiger partial charge on any atom is -0.204 e. The molecular weight excluding hydrogens is 369 g/mol. The molecule has 2 saturated carbocycles. The Morgan fingerprint density at radius 2 is 1.52 bits per heavy atom. The van der Waals surface area contributed by atoms with Crippen LogP contribution in [0.4, 0.5) is 13.2 Å². The zero-order valence-electron chi connectivity index (χ0n) is 18.0. The molecule has 29 heavy (non-hydrogen) atoms. The SMILES string of the molecule is CCCCCCC1CCC2CC(C3CCc4c(cc(F)c(F)c4F)C3)CCC2C1. The van der Waals surface area contributed by atoms with Crippen molar-refractivity contribution in [3.63, 3.8) is 0 Å². The second kappa shape index (κ2) is 9.43. The van der Waals surface area contributed by atoms with Crippen LogP contribution in [-0.4, -0.2) is 0 Å². The maximum absolute atomic E-state index is 14.1. The zero-order chi connectivity index (χ0) is 20.4. The summed E-state index contributed by atoms with van der Waals surface area (Å²) < 4.78 is 41.4. The molecule has 3 aliphatic rings. The molecule has 0 saturated heterocycles. The van der Waals surface area contributed by atoms with Crippen molar-refractivity contribution >= 4 is 0 Å². The molecule has 0 aliphatic heterocycles. The van der Waals surface area contributed by atoms with Crippen LogP contribution >= 0.6 is 0 Å². The number of fused-ring (bicyclic) bond motifs is 2. The van der Waals surface area contributed by atoms with Crippen LogP contribution in [0.1, 0.15) is 95.1 Å². The molecule has 0 amide bonds. The van der Waals surface area contributed by atoms with Gasteiger partial charge in [-0.2, -0.15) is 0 Å². The molecule has 0 spiro atoms. The van der Waals surface area contributed by atoms with Crippen LogP contribution in [0.15, 0.2) is 6.07 Å². The number of unbranched alkanes of at least 4 members (excludes halogenated alkanes) is 3. The summed E-state index contributed by atoms with van der Waals surface area (Å²) >= 11 is 0. The number of rotatable bonds is 6. The summed E-state index contributed by atoms with van der Waals surface area (Å²) in [5, 5.41) is 0. The first kappa shape index (κ1) is 21.2. The smallest absolute Gasteiger partial charge is 0.194 e. The van der Waals surface area contributed by atoms with Gasteiger partial charge in [-0.25, -0.2) is 13.2 Å². The van der Waals surface area contributed by atoms with Crippen molar-refractivity contribution < 1.29 is 13.2 Å². The maximum Gasteiger partial charge on any atom is 0.194 e. The van der Waals surface area contributed by atoms with Crippen LogP contribution in [0.25, 0.3) is 0 Å². The van der Waals surface area contributed by atoms with Crippen molar-refractivity contribution in [1.82, 2.24) is 0 Å². The first-order valence-electron chi connectivity index (χ1n) is 12.2. The Balaban J connectivity index is 1.31. The van der Waals surface area contributed by atoms with Gasteiger partial charge in [0.2, 0.25) is 0 Å². The van der Waals surface area contributed by atoms with Gasteiger partial charge in [0, 0.05) is 0 Å². The van der Waals surface area contributed by atoms with E-state index in [0.29, 0.717) is 23.8 Å². The van der Waals surface area contributed by atoms with Gasteiger partial charge in [0.1, 0.15) is 0 Å². The number of hydrogen-bond acceptors (Lipinski definition) is 0. The Kier molecular flexibility index (Phi) is 6.91. The largest absolute Gasteiger partial charge is 0.204 e. The van der Waals surface area contributed by atoms with Gasteiger partial charge in [0.25, 0.3) is 0 Å². The van der Waals surface area contributed by atoms with Gasteiger partial charge in [-0.15, -0.1) is 0 Å². The highest BCUT2D eigenvalue weighted by Crippen LogP contribution is 2.49. The van der Waals surface area contributed by atoms with E-state index in [2.05, 4.69) is 6.92 Å². The molecule has 0 radical (unpaired) electrons. The van der Waals surface area contributed by atoms with Crippen LogP contribution < -0.4 is 0 Å². The number of benzene rings is 1. The molecule has 4 rings (SSSR count). The highest BCUT2D eigenvalue weighted by atomic mass is 19.2. The minimum atomic E-state index is -1.30. The fourth-order valence-corrected chi connectivity index (χ4v) is 6.82. The lowest BCUT2D eigenvalue weighted by atomic mass is 9.61. The fourth-order valence-electron chi connectivity index (χ4n) is 6.82. The van der Waals surface area contributed by atoms with Crippen molar-refractivity contribution in [1.29, 1.82) is 0 Å².